The highest BCUT2D eigenvalue weighted by Crippen LogP contribution is 2.26. The molecule has 25 heavy (non-hydrogen) atoms. The van der Waals surface area contributed by atoms with Crippen molar-refractivity contribution in [1.29, 1.82) is 0 Å². The molecule has 8 nitrogen and oxygen atoms in total. The summed E-state index contributed by atoms with van der Waals surface area (Å²) in [6.07, 6.45) is 1.73. The second-order valence-corrected chi connectivity index (χ2v) is 7.35. The first kappa shape index (κ1) is 20.8. The van der Waals surface area contributed by atoms with E-state index >= 15 is 0 Å². The summed E-state index contributed by atoms with van der Waals surface area (Å²) in [7, 11) is 1.12. The Hall–Kier alpha value is -2.21. The molecule has 0 aliphatic carbocycles. The van der Waals surface area contributed by atoms with Crippen molar-refractivity contribution in [3.8, 4) is 0 Å². The smallest absolute Gasteiger partial charge is 0.441 e. The third-order valence-corrected chi connectivity index (χ3v) is 4.11. The zero-order valence-electron chi connectivity index (χ0n) is 15.6. The van der Waals surface area contributed by atoms with Crippen molar-refractivity contribution >= 4 is 23.6 Å². The fourth-order valence-electron chi connectivity index (χ4n) is 2.81. The summed E-state index contributed by atoms with van der Waals surface area (Å²) in [5, 5.41) is 0. The lowest BCUT2D eigenvalue weighted by molar-refractivity contribution is -0.140. The van der Waals surface area contributed by atoms with E-state index in [1.165, 1.54) is 0 Å². The number of esters is 1. The molecule has 0 N–H and O–H groups in total. The lowest BCUT2D eigenvalue weighted by Crippen LogP contribution is -2.42. The molecular formula is C17H27N3O5. The summed E-state index contributed by atoms with van der Waals surface area (Å²) < 4.78 is 9.79. The lowest BCUT2D eigenvalue weighted by atomic mass is 9.85. The minimum atomic E-state index is -0.945. The molecule has 0 bridgehead atoms. The Morgan fingerprint density at radius 1 is 1.24 bits per heavy atom. The molecule has 0 aromatic heterocycles. The van der Waals surface area contributed by atoms with Gasteiger partial charge in [0, 0.05) is 19.0 Å². The summed E-state index contributed by atoms with van der Waals surface area (Å²) in [6.45, 7) is 8.30. The van der Waals surface area contributed by atoms with Crippen molar-refractivity contribution in [3.05, 3.63) is 5.53 Å². The average molecular weight is 353 g/mol. The van der Waals surface area contributed by atoms with Gasteiger partial charge in [-0.2, -0.15) is 4.79 Å². The van der Waals surface area contributed by atoms with Gasteiger partial charge in [-0.3, -0.25) is 4.79 Å². The summed E-state index contributed by atoms with van der Waals surface area (Å²) in [6, 6.07) is 0. The maximum absolute atomic E-state index is 12.2. The van der Waals surface area contributed by atoms with Gasteiger partial charge in [-0.05, 0) is 46.0 Å². The van der Waals surface area contributed by atoms with Gasteiger partial charge >= 0.3 is 17.8 Å². The zero-order chi connectivity index (χ0) is 19.2. The summed E-state index contributed by atoms with van der Waals surface area (Å²) in [5.41, 5.74) is 7.74. The average Bonchev–Trinajstić information content (AvgIpc) is 2.54. The second-order valence-electron chi connectivity index (χ2n) is 7.35. The summed E-state index contributed by atoms with van der Waals surface area (Å²) in [5.74, 6) is -1.71. The van der Waals surface area contributed by atoms with E-state index in [0.717, 1.165) is 20.0 Å². The van der Waals surface area contributed by atoms with Crippen LogP contribution in [0.4, 0.5) is 4.79 Å². The Labute approximate surface area is 148 Å². The van der Waals surface area contributed by atoms with E-state index in [4.69, 9.17) is 10.3 Å². The van der Waals surface area contributed by atoms with Gasteiger partial charge in [0.1, 0.15) is 5.60 Å². The van der Waals surface area contributed by atoms with E-state index in [1.807, 2.05) is 20.8 Å². The van der Waals surface area contributed by atoms with Gasteiger partial charge in [-0.15, -0.1) is 0 Å². The van der Waals surface area contributed by atoms with Crippen molar-refractivity contribution in [2.45, 2.75) is 52.6 Å². The molecule has 1 saturated heterocycles. The highest BCUT2D eigenvalue weighted by molar-refractivity contribution is 6.62. The third-order valence-electron chi connectivity index (χ3n) is 4.11. The fraction of sp³-hybridized carbons (Fsp3) is 0.765. The molecule has 0 spiro atoms. The van der Waals surface area contributed by atoms with Gasteiger partial charge in [-0.25, -0.2) is 9.59 Å². The van der Waals surface area contributed by atoms with Crippen LogP contribution in [0.15, 0.2) is 0 Å². The molecule has 1 atom stereocenters. The summed E-state index contributed by atoms with van der Waals surface area (Å²) >= 11 is 0. The Balaban J connectivity index is 2.53. The molecule has 0 saturated carbocycles. The molecule has 1 aliphatic heterocycles. The van der Waals surface area contributed by atoms with Gasteiger partial charge in [0.2, 0.25) is 0 Å². The van der Waals surface area contributed by atoms with Crippen LogP contribution in [0, 0.1) is 11.8 Å². The van der Waals surface area contributed by atoms with Crippen molar-refractivity contribution < 1.29 is 28.6 Å². The number of methoxy groups -OCH3 is 1. The van der Waals surface area contributed by atoms with Crippen LogP contribution in [0.1, 0.15) is 47.0 Å². The van der Waals surface area contributed by atoms with Crippen LogP contribution in [0.3, 0.4) is 0 Å². The molecule has 0 aromatic rings. The first-order chi connectivity index (χ1) is 11.6. The maximum atomic E-state index is 12.2. The molecule has 1 rings (SSSR count). The topological polar surface area (TPSA) is 109 Å². The Kier molecular flexibility index (Phi) is 7.30. The van der Waals surface area contributed by atoms with Crippen LogP contribution >= 0.6 is 0 Å². The number of hydrogen-bond donors (Lipinski definition) is 0. The Morgan fingerprint density at radius 2 is 1.80 bits per heavy atom. The number of rotatable bonds is 5. The fourth-order valence-corrected chi connectivity index (χ4v) is 2.81. The number of likely N-dealkylation sites (tertiary alicyclic amines) is 1. The molecule has 1 fully saturated rings. The van der Waals surface area contributed by atoms with E-state index in [9.17, 15) is 14.4 Å². The van der Waals surface area contributed by atoms with Crippen LogP contribution in [0.25, 0.3) is 5.53 Å². The van der Waals surface area contributed by atoms with E-state index in [2.05, 4.69) is 9.53 Å². The minimum Gasteiger partial charge on any atom is -0.460 e. The Bertz CT molecular complexity index is 567. The van der Waals surface area contributed by atoms with E-state index in [1.54, 1.807) is 11.8 Å². The molecule has 1 unspecified atom stereocenters. The van der Waals surface area contributed by atoms with Gasteiger partial charge in [0.05, 0.1) is 7.11 Å². The predicted molar refractivity (Wildman–Crippen MR) is 90.0 cm³/mol. The van der Waals surface area contributed by atoms with Crippen molar-refractivity contribution in [1.82, 2.24) is 4.90 Å². The molecule has 1 aliphatic rings. The standard InChI is InChI=1S/C17H27N3O5/c1-11(14(21)13(19-18)15(22)24-5)10-12-6-8-20(9-7-12)16(23)25-17(2,3)4/h11-12H,6-10H2,1-5H3. The van der Waals surface area contributed by atoms with Crippen molar-refractivity contribution in [3.63, 3.8) is 0 Å². The van der Waals surface area contributed by atoms with Gasteiger partial charge in [0.15, 0.2) is 0 Å². The van der Waals surface area contributed by atoms with Crippen LogP contribution in [-0.2, 0) is 19.1 Å². The van der Waals surface area contributed by atoms with E-state index in [-0.39, 0.29) is 12.0 Å². The van der Waals surface area contributed by atoms with Gasteiger partial charge in [-0.1, -0.05) is 6.92 Å². The highest BCUT2D eigenvalue weighted by Gasteiger charge is 2.36. The lowest BCUT2D eigenvalue weighted by Gasteiger charge is -2.34. The summed E-state index contributed by atoms with van der Waals surface area (Å²) in [4.78, 5) is 40.1. The number of carbonyl (C=O) groups is 3. The number of ketones is 1. The monoisotopic (exact) mass is 353 g/mol. The number of amides is 1. The molecule has 1 heterocycles. The molecule has 1 amide bonds. The first-order valence-electron chi connectivity index (χ1n) is 8.41. The predicted octanol–water partition coefficient (Wildman–Crippen LogP) is 2.07. The maximum Gasteiger partial charge on any atom is 0.441 e. The van der Waals surface area contributed by atoms with Crippen LogP contribution < -0.4 is 0 Å². The zero-order valence-corrected chi connectivity index (χ0v) is 15.6. The number of ether oxygens (including phenoxy) is 2. The number of carbonyl (C=O) groups excluding carboxylic acids is 3. The number of hydrogen-bond acceptors (Lipinski definition) is 5. The number of nitrogens with zero attached hydrogens (tertiary/aromatic N) is 3. The van der Waals surface area contributed by atoms with Crippen LogP contribution in [-0.4, -0.2) is 59.0 Å². The molecule has 8 heteroatoms. The second kappa shape index (κ2) is 8.76. The SMILES string of the molecule is COC(=O)C(=[N+]=[N-])C(=O)C(C)CC1CCN(C(=O)OC(C)(C)C)CC1. The van der Waals surface area contributed by atoms with E-state index < -0.39 is 29.0 Å². The highest BCUT2D eigenvalue weighted by atomic mass is 16.6. The van der Waals surface area contributed by atoms with Gasteiger partial charge < -0.3 is 19.9 Å². The molecular weight excluding hydrogens is 326 g/mol. The van der Waals surface area contributed by atoms with Crippen molar-refractivity contribution in [2.75, 3.05) is 20.2 Å². The third kappa shape index (κ3) is 6.31. The van der Waals surface area contributed by atoms with Crippen LogP contribution in [0.5, 0.6) is 0 Å². The van der Waals surface area contributed by atoms with E-state index in [0.29, 0.717) is 19.5 Å². The quantitative estimate of drug-likeness (QED) is 0.247. The minimum absolute atomic E-state index is 0.246. The molecule has 140 valence electrons. The Morgan fingerprint density at radius 3 is 2.24 bits per heavy atom. The molecule has 0 aromatic carbocycles. The molecule has 0 radical (unpaired) electrons. The van der Waals surface area contributed by atoms with Crippen molar-refractivity contribution in [2.24, 2.45) is 11.8 Å². The first-order valence-corrected chi connectivity index (χ1v) is 8.41. The normalized spacial score (nSPS) is 16.6. The number of piperidine rings is 1. The number of Topliss-reactive ketones (excluding diaryl/α,β-unsaturated/α-hetero) is 1. The largest absolute Gasteiger partial charge is 0.460 e. The van der Waals surface area contributed by atoms with Gasteiger partial charge in [0.25, 0.3) is 5.78 Å². The van der Waals surface area contributed by atoms with Crippen LogP contribution in [0.2, 0.25) is 0 Å².